The van der Waals surface area contributed by atoms with E-state index in [-0.39, 0.29) is 6.10 Å². The van der Waals surface area contributed by atoms with Gasteiger partial charge in [0.05, 0.1) is 5.69 Å². The van der Waals surface area contributed by atoms with Crippen LogP contribution in [0.15, 0.2) is 60.7 Å². The first-order valence-corrected chi connectivity index (χ1v) is 8.23. The lowest BCUT2D eigenvalue weighted by Gasteiger charge is -2.23. The van der Waals surface area contributed by atoms with Gasteiger partial charge in [-0.3, -0.25) is 0 Å². The number of hydrogen-bond donors (Lipinski definition) is 1. The van der Waals surface area contributed by atoms with Crippen LogP contribution in [0.5, 0.6) is 5.88 Å². The zero-order valence-electron chi connectivity index (χ0n) is 13.0. The summed E-state index contributed by atoms with van der Waals surface area (Å²) in [5.74, 6) is 0.731. The second-order valence-electron chi connectivity index (χ2n) is 5.96. The number of aromatic nitrogens is 1. The van der Waals surface area contributed by atoms with Crippen molar-refractivity contribution in [2.75, 3.05) is 13.1 Å². The Balaban J connectivity index is 1.77. The summed E-state index contributed by atoms with van der Waals surface area (Å²) in [6, 6.07) is 20.8. The van der Waals surface area contributed by atoms with E-state index in [0.29, 0.717) is 0 Å². The Labute approximate surface area is 136 Å². The van der Waals surface area contributed by atoms with E-state index in [1.54, 1.807) is 0 Å². The van der Waals surface area contributed by atoms with Gasteiger partial charge >= 0.3 is 0 Å². The molecule has 1 fully saturated rings. The van der Waals surface area contributed by atoms with Crippen molar-refractivity contribution >= 4 is 10.8 Å². The van der Waals surface area contributed by atoms with Gasteiger partial charge in [0.2, 0.25) is 5.88 Å². The van der Waals surface area contributed by atoms with Crippen LogP contribution in [0.25, 0.3) is 22.0 Å². The van der Waals surface area contributed by atoms with Crippen molar-refractivity contribution < 1.29 is 4.74 Å². The molecule has 0 atom stereocenters. The fraction of sp³-hybridized carbons (Fsp3) is 0.250. The van der Waals surface area contributed by atoms with E-state index in [9.17, 15) is 0 Å². The highest BCUT2D eigenvalue weighted by Gasteiger charge is 2.16. The van der Waals surface area contributed by atoms with Gasteiger partial charge in [-0.2, -0.15) is 0 Å². The lowest BCUT2D eigenvalue weighted by Crippen LogP contribution is -2.34. The zero-order valence-corrected chi connectivity index (χ0v) is 13.0. The van der Waals surface area contributed by atoms with E-state index in [1.165, 1.54) is 5.39 Å². The molecule has 1 aromatic heterocycles. The molecular weight excluding hydrogens is 284 g/mol. The summed E-state index contributed by atoms with van der Waals surface area (Å²) >= 11 is 0. The summed E-state index contributed by atoms with van der Waals surface area (Å²) in [6.45, 7) is 2.04. The number of rotatable bonds is 3. The molecule has 0 bridgehead atoms. The van der Waals surface area contributed by atoms with Gasteiger partial charge in [-0.05, 0) is 31.3 Å². The molecule has 3 nitrogen and oxygen atoms in total. The summed E-state index contributed by atoms with van der Waals surface area (Å²) < 4.78 is 6.17. The molecule has 0 aliphatic carbocycles. The maximum Gasteiger partial charge on any atom is 0.214 e. The number of ether oxygens (including phenoxy) is 1. The molecular formula is C20H20N2O. The van der Waals surface area contributed by atoms with Gasteiger partial charge in [0, 0.05) is 17.0 Å². The summed E-state index contributed by atoms with van der Waals surface area (Å²) in [6.07, 6.45) is 2.33. The van der Waals surface area contributed by atoms with Crippen LogP contribution in [-0.4, -0.2) is 24.2 Å². The van der Waals surface area contributed by atoms with Crippen LogP contribution >= 0.6 is 0 Å². The smallest absolute Gasteiger partial charge is 0.214 e. The second-order valence-corrected chi connectivity index (χ2v) is 5.96. The number of hydrogen-bond acceptors (Lipinski definition) is 3. The van der Waals surface area contributed by atoms with Crippen molar-refractivity contribution in [2.24, 2.45) is 0 Å². The van der Waals surface area contributed by atoms with Crippen LogP contribution in [-0.2, 0) is 0 Å². The van der Waals surface area contributed by atoms with Gasteiger partial charge < -0.3 is 10.1 Å². The van der Waals surface area contributed by atoms with Crippen LogP contribution in [0.2, 0.25) is 0 Å². The lowest BCUT2D eigenvalue weighted by molar-refractivity contribution is 0.156. The van der Waals surface area contributed by atoms with Crippen molar-refractivity contribution in [3.8, 4) is 17.1 Å². The zero-order chi connectivity index (χ0) is 15.5. The molecule has 0 spiro atoms. The number of benzene rings is 2. The molecule has 0 radical (unpaired) electrons. The van der Waals surface area contributed by atoms with Gasteiger partial charge in [0.25, 0.3) is 0 Å². The van der Waals surface area contributed by atoms with E-state index in [4.69, 9.17) is 9.72 Å². The maximum absolute atomic E-state index is 6.17. The lowest BCUT2D eigenvalue weighted by atomic mass is 10.0. The third-order valence-corrected chi connectivity index (χ3v) is 4.34. The Morgan fingerprint density at radius 2 is 1.65 bits per heavy atom. The molecule has 0 saturated carbocycles. The Morgan fingerprint density at radius 3 is 2.48 bits per heavy atom. The van der Waals surface area contributed by atoms with Crippen molar-refractivity contribution in [1.29, 1.82) is 0 Å². The van der Waals surface area contributed by atoms with Crippen molar-refractivity contribution in [2.45, 2.75) is 18.9 Å². The quantitative estimate of drug-likeness (QED) is 0.793. The minimum Gasteiger partial charge on any atom is -0.474 e. The average molecular weight is 304 g/mol. The van der Waals surface area contributed by atoms with Crippen molar-refractivity contribution in [3.63, 3.8) is 0 Å². The SMILES string of the molecule is c1ccc(-c2nc(OC3CCNCC3)cc3ccccc23)cc1. The largest absolute Gasteiger partial charge is 0.474 e. The fourth-order valence-corrected chi connectivity index (χ4v) is 3.13. The molecule has 3 heteroatoms. The molecule has 23 heavy (non-hydrogen) atoms. The molecule has 1 aliphatic rings. The minimum atomic E-state index is 0.258. The van der Waals surface area contributed by atoms with Crippen LogP contribution in [0.4, 0.5) is 0 Å². The monoisotopic (exact) mass is 304 g/mol. The molecule has 1 aliphatic heterocycles. The predicted molar refractivity (Wildman–Crippen MR) is 93.7 cm³/mol. The molecule has 4 rings (SSSR count). The number of pyridine rings is 1. The molecule has 116 valence electrons. The highest BCUT2D eigenvalue weighted by atomic mass is 16.5. The summed E-state index contributed by atoms with van der Waals surface area (Å²) in [5, 5.41) is 5.70. The van der Waals surface area contributed by atoms with E-state index < -0.39 is 0 Å². The van der Waals surface area contributed by atoms with E-state index in [2.05, 4.69) is 47.8 Å². The summed E-state index contributed by atoms with van der Waals surface area (Å²) in [7, 11) is 0. The molecule has 0 amide bonds. The number of fused-ring (bicyclic) bond motifs is 1. The average Bonchev–Trinajstić information content (AvgIpc) is 2.63. The van der Waals surface area contributed by atoms with Crippen LogP contribution in [0.1, 0.15) is 12.8 Å². The first-order valence-electron chi connectivity index (χ1n) is 8.23. The Morgan fingerprint density at radius 1 is 0.913 bits per heavy atom. The van der Waals surface area contributed by atoms with Gasteiger partial charge in [0.1, 0.15) is 6.10 Å². The molecule has 0 unspecified atom stereocenters. The second kappa shape index (κ2) is 6.39. The Hall–Kier alpha value is -2.39. The van der Waals surface area contributed by atoms with E-state index >= 15 is 0 Å². The summed E-state index contributed by atoms with van der Waals surface area (Å²) in [4.78, 5) is 4.82. The van der Waals surface area contributed by atoms with Crippen LogP contribution in [0.3, 0.4) is 0 Å². The predicted octanol–water partition coefficient (Wildman–Crippen LogP) is 4.03. The standard InChI is InChI=1S/C20H20N2O/c1-2-6-15(7-3-1)20-18-9-5-4-8-16(18)14-19(22-20)23-17-10-12-21-13-11-17/h1-9,14,17,21H,10-13H2. The Kier molecular flexibility index (Phi) is 3.95. The normalized spacial score (nSPS) is 15.7. The highest BCUT2D eigenvalue weighted by molar-refractivity contribution is 5.95. The third kappa shape index (κ3) is 3.06. The summed E-state index contributed by atoms with van der Waals surface area (Å²) in [5.41, 5.74) is 2.12. The van der Waals surface area contributed by atoms with Crippen LogP contribution in [0, 0.1) is 0 Å². The van der Waals surface area contributed by atoms with E-state index in [1.807, 2.05) is 18.2 Å². The number of nitrogens with one attached hydrogen (secondary N) is 1. The first-order chi connectivity index (χ1) is 11.4. The number of nitrogens with zero attached hydrogens (tertiary/aromatic N) is 1. The van der Waals surface area contributed by atoms with Crippen molar-refractivity contribution in [1.82, 2.24) is 10.3 Å². The molecule has 1 saturated heterocycles. The number of piperidine rings is 1. The molecule has 2 aromatic carbocycles. The first kappa shape index (κ1) is 14.2. The minimum absolute atomic E-state index is 0.258. The van der Waals surface area contributed by atoms with Crippen LogP contribution < -0.4 is 10.1 Å². The maximum atomic E-state index is 6.17. The fourth-order valence-electron chi connectivity index (χ4n) is 3.13. The topological polar surface area (TPSA) is 34.1 Å². The highest BCUT2D eigenvalue weighted by Crippen LogP contribution is 2.30. The van der Waals surface area contributed by atoms with Gasteiger partial charge in [-0.25, -0.2) is 4.98 Å². The molecule has 2 heterocycles. The Bertz CT molecular complexity index is 795. The van der Waals surface area contributed by atoms with E-state index in [0.717, 1.165) is 48.5 Å². The molecule has 1 N–H and O–H groups in total. The van der Waals surface area contributed by atoms with Gasteiger partial charge in [-0.15, -0.1) is 0 Å². The molecule has 3 aromatic rings. The van der Waals surface area contributed by atoms with Gasteiger partial charge in [0.15, 0.2) is 0 Å². The van der Waals surface area contributed by atoms with Gasteiger partial charge in [-0.1, -0.05) is 54.6 Å². The van der Waals surface area contributed by atoms with Crippen molar-refractivity contribution in [3.05, 3.63) is 60.7 Å². The third-order valence-electron chi connectivity index (χ3n) is 4.34.